The lowest BCUT2D eigenvalue weighted by atomic mass is 10.1. The molecule has 200 valence electrons. The van der Waals surface area contributed by atoms with Gasteiger partial charge in [0, 0.05) is 41.5 Å². The lowest BCUT2D eigenvalue weighted by molar-refractivity contribution is 0.0527. The van der Waals surface area contributed by atoms with E-state index in [-0.39, 0.29) is 5.56 Å². The predicted octanol–water partition coefficient (Wildman–Crippen LogP) is 5.85. The summed E-state index contributed by atoms with van der Waals surface area (Å²) in [4.78, 5) is 25.7. The largest absolute Gasteiger partial charge is 0.489 e. The molecule has 2 heterocycles. The van der Waals surface area contributed by atoms with Crippen molar-refractivity contribution < 1.29 is 14.3 Å². The van der Waals surface area contributed by atoms with Gasteiger partial charge in [-0.2, -0.15) is 0 Å². The van der Waals surface area contributed by atoms with E-state index in [1.54, 1.807) is 23.0 Å². The molecule has 0 saturated carbocycles. The quantitative estimate of drug-likeness (QED) is 0.250. The van der Waals surface area contributed by atoms with Gasteiger partial charge >= 0.3 is 6.09 Å². The number of thiophene rings is 1. The van der Waals surface area contributed by atoms with Gasteiger partial charge < -0.3 is 24.7 Å². The lowest BCUT2D eigenvalue weighted by Crippen LogP contribution is -2.33. The minimum absolute atomic E-state index is 0.00991. The Bertz CT molecular complexity index is 1440. The van der Waals surface area contributed by atoms with Crippen LogP contribution >= 0.6 is 11.3 Å². The van der Waals surface area contributed by atoms with Crippen LogP contribution in [-0.2, 0) is 24.9 Å². The molecule has 0 bridgehead atoms. The zero-order valence-electron chi connectivity index (χ0n) is 22.4. The van der Waals surface area contributed by atoms with Gasteiger partial charge in [-0.05, 0) is 63.1 Å². The first-order valence-corrected chi connectivity index (χ1v) is 13.6. The molecule has 7 nitrogen and oxygen atoms in total. The highest BCUT2D eigenvalue weighted by Crippen LogP contribution is 2.34. The molecule has 0 aliphatic carbocycles. The number of alkyl carbamates (subject to hydrolysis) is 1. The van der Waals surface area contributed by atoms with Crippen LogP contribution in [0.4, 0.5) is 4.79 Å². The Hall–Kier alpha value is -3.62. The summed E-state index contributed by atoms with van der Waals surface area (Å²) in [6, 6.07) is 20.1. The van der Waals surface area contributed by atoms with Gasteiger partial charge in [-0.15, -0.1) is 11.3 Å². The van der Waals surface area contributed by atoms with Crippen molar-refractivity contribution in [2.24, 2.45) is 7.05 Å². The number of hydrogen-bond donors (Lipinski definition) is 2. The average molecular weight is 534 g/mol. The SMILES string of the molecule is Cn1cc(-c2cccc(OCc3ccccc3)c2)c2sc(CNCCCNC(=O)OC(C)(C)C)cc2c1=O. The van der Waals surface area contributed by atoms with Crippen LogP contribution in [0.15, 0.2) is 71.7 Å². The Morgan fingerprint density at radius 2 is 1.82 bits per heavy atom. The molecule has 0 fully saturated rings. The Labute approximate surface area is 227 Å². The highest BCUT2D eigenvalue weighted by atomic mass is 32.1. The highest BCUT2D eigenvalue weighted by molar-refractivity contribution is 7.19. The van der Waals surface area contributed by atoms with Gasteiger partial charge in [0.25, 0.3) is 5.56 Å². The second-order valence-electron chi connectivity index (χ2n) is 10.2. The summed E-state index contributed by atoms with van der Waals surface area (Å²) in [5.74, 6) is 0.784. The van der Waals surface area contributed by atoms with E-state index < -0.39 is 11.7 Å². The minimum Gasteiger partial charge on any atom is -0.489 e. The van der Waals surface area contributed by atoms with Crippen molar-refractivity contribution in [2.75, 3.05) is 13.1 Å². The number of carbonyl (C=O) groups is 1. The summed E-state index contributed by atoms with van der Waals surface area (Å²) < 4.78 is 13.9. The molecule has 8 heteroatoms. The molecule has 0 unspecified atom stereocenters. The number of amides is 1. The van der Waals surface area contributed by atoms with E-state index in [4.69, 9.17) is 9.47 Å². The molecule has 0 saturated heterocycles. The smallest absolute Gasteiger partial charge is 0.407 e. The molecule has 0 atom stereocenters. The van der Waals surface area contributed by atoms with Crippen molar-refractivity contribution in [1.29, 1.82) is 0 Å². The van der Waals surface area contributed by atoms with Gasteiger partial charge in [0.1, 0.15) is 18.0 Å². The van der Waals surface area contributed by atoms with Gasteiger partial charge in [-0.25, -0.2) is 4.79 Å². The zero-order chi connectivity index (χ0) is 27.1. The second-order valence-corrected chi connectivity index (χ2v) is 11.3. The maximum absolute atomic E-state index is 12.9. The number of benzene rings is 2. The summed E-state index contributed by atoms with van der Waals surface area (Å²) in [5.41, 5.74) is 2.61. The van der Waals surface area contributed by atoms with Gasteiger partial charge in [-0.1, -0.05) is 42.5 Å². The van der Waals surface area contributed by atoms with Crippen LogP contribution < -0.4 is 20.9 Å². The summed E-state index contributed by atoms with van der Waals surface area (Å²) in [6.07, 6.45) is 2.27. The van der Waals surface area contributed by atoms with Crippen LogP contribution in [0.25, 0.3) is 21.2 Å². The number of fused-ring (bicyclic) bond motifs is 1. The number of hydrogen-bond acceptors (Lipinski definition) is 6. The standard InChI is InChI=1S/C30H35N3O4S/c1-30(2,3)37-29(35)32-15-9-14-31-18-24-17-25-27(38-24)26(19-33(4)28(25)34)22-12-8-13-23(16-22)36-20-21-10-6-5-7-11-21/h5-8,10-13,16-17,19,31H,9,14-15,18,20H2,1-4H3,(H,32,35). The van der Waals surface area contributed by atoms with Crippen molar-refractivity contribution >= 4 is 27.5 Å². The zero-order valence-corrected chi connectivity index (χ0v) is 23.2. The van der Waals surface area contributed by atoms with Gasteiger partial charge in [0.05, 0.1) is 5.39 Å². The molecule has 2 aromatic heterocycles. The number of pyridine rings is 1. The predicted molar refractivity (Wildman–Crippen MR) is 154 cm³/mol. The van der Waals surface area contributed by atoms with Gasteiger partial charge in [0.2, 0.25) is 0 Å². The van der Waals surface area contributed by atoms with E-state index in [1.165, 1.54) is 0 Å². The van der Waals surface area contributed by atoms with Crippen LogP contribution in [0, 0.1) is 0 Å². The molecule has 4 rings (SSSR count). The van der Waals surface area contributed by atoms with E-state index in [0.29, 0.717) is 25.1 Å². The second kappa shape index (κ2) is 12.3. The molecular weight excluding hydrogens is 498 g/mol. The maximum Gasteiger partial charge on any atom is 0.407 e. The number of nitrogens with zero attached hydrogens (tertiary/aromatic N) is 1. The third kappa shape index (κ3) is 7.46. The number of rotatable bonds is 10. The molecule has 1 amide bonds. The molecule has 0 radical (unpaired) electrons. The molecule has 0 spiro atoms. The Morgan fingerprint density at radius 1 is 1.03 bits per heavy atom. The van der Waals surface area contributed by atoms with Crippen molar-refractivity contribution in [3.05, 3.63) is 87.7 Å². The summed E-state index contributed by atoms with van der Waals surface area (Å²) >= 11 is 1.63. The van der Waals surface area contributed by atoms with E-state index in [0.717, 1.165) is 45.0 Å². The average Bonchev–Trinajstić information content (AvgIpc) is 3.31. The number of carbonyl (C=O) groups excluding carboxylic acids is 1. The molecule has 38 heavy (non-hydrogen) atoms. The topological polar surface area (TPSA) is 81.6 Å². The van der Waals surface area contributed by atoms with Crippen LogP contribution in [0.5, 0.6) is 5.75 Å². The van der Waals surface area contributed by atoms with E-state index in [1.807, 2.05) is 87.6 Å². The minimum atomic E-state index is -0.504. The number of aryl methyl sites for hydroxylation is 1. The summed E-state index contributed by atoms with van der Waals surface area (Å²) in [6.45, 7) is 7.93. The summed E-state index contributed by atoms with van der Waals surface area (Å²) in [7, 11) is 1.79. The first-order valence-electron chi connectivity index (χ1n) is 12.8. The van der Waals surface area contributed by atoms with Crippen LogP contribution in [0.2, 0.25) is 0 Å². The van der Waals surface area contributed by atoms with Crippen molar-refractivity contribution in [3.8, 4) is 16.9 Å². The molecule has 2 aromatic carbocycles. The first kappa shape index (κ1) is 27.4. The molecule has 0 aliphatic rings. The van der Waals surface area contributed by atoms with Gasteiger partial charge in [0.15, 0.2) is 0 Å². The normalized spacial score (nSPS) is 11.5. The molecular formula is C30H35N3O4S. The fraction of sp³-hybridized carbons (Fsp3) is 0.333. The maximum atomic E-state index is 12.9. The van der Waals surface area contributed by atoms with E-state index in [9.17, 15) is 9.59 Å². The number of nitrogens with one attached hydrogen (secondary N) is 2. The van der Waals surface area contributed by atoms with Crippen molar-refractivity contribution in [2.45, 2.75) is 45.9 Å². The molecule has 4 aromatic rings. The van der Waals surface area contributed by atoms with E-state index in [2.05, 4.69) is 10.6 Å². The van der Waals surface area contributed by atoms with Crippen LogP contribution in [0.3, 0.4) is 0 Å². The molecule has 2 N–H and O–H groups in total. The van der Waals surface area contributed by atoms with E-state index >= 15 is 0 Å². The van der Waals surface area contributed by atoms with Gasteiger partial charge in [-0.3, -0.25) is 4.79 Å². The number of aromatic nitrogens is 1. The molecule has 0 aliphatic heterocycles. The lowest BCUT2D eigenvalue weighted by Gasteiger charge is -2.19. The summed E-state index contributed by atoms with van der Waals surface area (Å²) in [5, 5.41) is 6.89. The van der Waals surface area contributed by atoms with Crippen molar-refractivity contribution in [1.82, 2.24) is 15.2 Å². The van der Waals surface area contributed by atoms with Crippen LogP contribution in [0.1, 0.15) is 37.6 Å². The third-order valence-corrected chi connectivity index (χ3v) is 6.96. The fourth-order valence-electron chi connectivity index (χ4n) is 4.02. The monoisotopic (exact) mass is 533 g/mol. The van der Waals surface area contributed by atoms with Crippen LogP contribution in [-0.4, -0.2) is 29.4 Å². The fourth-order valence-corrected chi connectivity index (χ4v) is 5.17. The Kier molecular flexibility index (Phi) is 8.86. The highest BCUT2D eigenvalue weighted by Gasteiger charge is 2.16. The Morgan fingerprint density at radius 3 is 2.58 bits per heavy atom. The van der Waals surface area contributed by atoms with Crippen molar-refractivity contribution in [3.63, 3.8) is 0 Å². The Balaban J connectivity index is 1.41. The third-order valence-electron chi connectivity index (χ3n) is 5.79. The first-order chi connectivity index (χ1) is 18.2. The number of ether oxygens (including phenoxy) is 2.